The molecule has 1 aromatic carbocycles. The van der Waals surface area contributed by atoms with Gasteiger partial charge in [-0.1, -0.05) is 0 Å². The highest BCUT2D eigenvalue weighted by molar-refractivity contribution is 7.84. The van der Waals surface area contributed by atoms with E-state index in [2.05, 4.69) is 4.85 Å². The molecule has 0 saturated heterocycles. The maximum atomic E-state index is 13.6. The van der Waals surface area contributed by atoms with Gasteiger partial charge in [0.05, 0.1) is 17.4 Å². The summed E-state index contributed by atoms with van der Waals surface area (Å²) in [7, 11) is -0.693. The molecule has 0 fully saturated rings. The highest BCUT2D eigenvalue weighted by Gasteiger charge is 2.65. The van der Waals surface area contributed by atoms with Crippen LogP contribution in [0.4, 0.5) is 13.2 Å². The number of nitrogens with zero attached hydrogens (tertiary/aromatic N) is 1. The lowest BCUT2D eigenvalue weighted by Crippen LogP contribution is -2.54. The van der Waals surface area contributed by atoms with Crippen molar-refractivity contribution in [2.24, 2.45) is 0 Å². The standard InChI is InChI=1S/C14H17F3N2O2S/c1-12(2,3)22(20)19-13(18-4,14(15,16)17)10-6-8-11(21-5)9-7-10/h6-9,19H,1-3,5H3/t13-,22+/m0/s1. The number of rotatable bonds is 4. The van der Waals surface area contributed by atoms with E-state index >= 15 is 0 Å². The third-order valence-corrected chi connectivity index (χ3v) is 4.48. The topological polar surface area (TPSA) is 42.7 Å². The summed E-state index contributed by atoms with van der Waals surface area (Å²) >= 11 is 0. The molecule has 0 radical (unpaired) electrons. The fourth-order valence-corrected chi connectivity index (χ4v) is 2.40. The van der Waals surface area contributed by atoms with Gasteiger partial charge in [-0.2, -0.15) is 13.2 Å². The summed E-state index contributed by atoms with van der Waals surface area (Å²) in [5.41, 5.74) is -3.41. The third-order valence-electron chi connectivity index (χ3n) is 2.88. The fourth-order valence-electron chi connectivity index (χ4n) is 1.55. The normalized spacial score (nSPS) is 16.5. The molecule has 8 heteroatoms. The molecule has 0 unspecified atom stereocenters. The largest absolute Gasteiger partial charge is 0.497 e. The predicted octanol–water partition coefficient (Wildman–Crippen LogP) is 3.38. The van der Waals surface area contributed by atoms with Crippen LogP contribution in [0.5, 0.6) is 5.75 Å². The van der Waals surface area contributed by atoms with Crippen molar-refractivity contribution in [2.45, 2.75) is 37.4 Å². The van der Waals surface area contributed by atoms with Gasteiger partial charge in [0.1, 0.15) is 16.7 Å². The molecule has 4 nitrogen and oxygen atoms in total. The van der Waals surface area contributed by atoms with Gasteiger partial charge in [-0.15, -0.1) is 4.72 Å². The van der Waals surface area contributed by atoms with Crippen molar-refractivity contribution in [3.05, 3.63) is 41.2 Å². The average molecular weight is 334 g/mol. The van der Waals surface area contributed by atoms with Crippen molar-refractivity contribution in [2.75, 3.05) is 7.11 Å². The Morgan fingerprint density at radius 3 is 2.00 bits per heavy atom. The molecular weight excluding hydrogens is 317 g/mol. The highest BCUT2D eigenvalue weighted by Crippen LogP contribution is 2.41. The smallest absolute Gasteiger partial charge is 0.491 e. The summed E-state index contributed by atoms with van der Waals surface area (Å²) in [5.74, 6) is 0.363. The van der Waals surface area contributed by atoms with Gasteiger partial charge in [0, 0.05) is 0 Å². The highest BCUT2D eigenvalue weighted by atomic mass is 32.2. The Bertz CT molecular complexity index is 588. The van der Waals surface area contributed by atoms with Crippen LogP contribution in [0.1, 0.15) is 26.3 Å². The van der Waals surface area contributed by atoms with Crippen molar-refractivity contribution in [1.29, 1.82) is 0 Å². The first-order chi connectivity index (χ1) is 9.98. The average Bonchev–Trinajstić information content (AvgIpc) is 2.42. The van der Waals surface area contributed by atoms with Crippen LogP contribution in [-0.4, -0.2) is 22.2 Å². The van der Waals surface area contributed by atoms with E-state index in [1.807, 2.05) is 4.72 Å². The Kier molecular flexibility index (Phi) is 5.25. The lowest BCUT2D eigenvalue weighted by atomic mass is 10.0. The number of methoxy groups -OCH3 is 1. The molecule has 0 aromatic heterocycles. The van der Waals surface area contributed by atoms with Gasteiger partial charge in [0.15, 0.2) is 0 Å². The molecule has 122 valence electrons. The molecule has 0 aliphatic carbocycles. The zero-order chi connectivity index (χ0) is 17.2. The van der Waals surface area contributed by atoms with E-state index < -0.39 is 27.6 Å². The Balaban J connectivity index is 3.40. The summed E-state index contributed by atoms with van der Waals surface area (Å²) in [5, 5.41) is 0. The minimum atomic E-state index is -4.94. The number of benzene rings is 1. The zero-order valence-corrected chi connectivity index (χ0v) is 13.4. The van der Waals surface area contributed by atoms with Crippen LogP contribution in [0, 0.1) is 6.57 Å². The third kappa shape index (κ3) is 3.59. The SMILES string of the molecule is [C-]#[N+][C@](N[S@](=O)C(C)(C)C)(c1ccc(OC)cc1)C(F)(F)F. The number of hydrogen-bond acceptors (Lipinski definition) is 2. The van der Waals surface area contributed by atoms with Gasteiger partial charge in [0.2, 0.25) is 0 Å². The molecule has 1 aromatic rings. The number of nitrogens with one attached hydrogen (secondary N) is 1. The first kappa shape index (κ1) is 18.5. The molecule has 2 atom stereocenters. The van der Waals surface area contributed by atoms with E-state index in [0.29, 0.717) is 5.75 Å². The minimum absolute atomic E-state index is 0.339. The molecule has 0 heterocycles. The van der Waals surface area contributed by atoms with E-state index in [0.717, 1.165) is 12.1 Å². The molecule has 0 aliphatic rings. The van der Waals surface area contributed by atoms with Crippen LogP contribution in [0.15, 0.2) is 24.3 Å². The lowest BCUT2D eigenvalue weighted by molar-refractivity contribution is -0.180. The van der Waals surface area contributed by atoms with Gasteiger partial charge >= 0.3 is 11.8 Å². The zero-order valence-electron chi connectivity index (χ0n) is 12.6. The Morgan fingerprint density at radius 1 is 1.18 bits per heavy atom. The molecule has 0 saturated carbocycles. The summed E-state index contributed by atoms with van der Waals surface area (Å²) < 4.78 is 58.7. The predicted molar refractivity (Wildman–Crippen MR) is 78.4 cm³/mol. The quantitative estimate of drug-likeness (QED) is 0.858. The maximum Gasteiger partial charge on any atom is 0.491 e. The van der Waals surface area contributed by atoms with E-state index in [1.165, 1.54) is 40.0 Å². The van der Waals surface area contributed by atoms with Crippen LogP contribution >= 0.6 is 0 Å². The summed E-state index contributed by atoms with van der Waals surface area (Å²) in [6.07, 6.45) is -4.94. The second kappa shape index (κ2) is 6.26. The Hall–Kier alpha value is -1.59. The van der Waals surface area contributed by atoms with Crippen molar-refractivity contribution < 1.29 is 22.1 Å². The molecule has 22 heavy (non-hydrogen) atoms. The second-order valence-corrected chi connectivity index (χ2v) is 7.50. The number of alkyl halides is 3. The monoisotopic (exact) mass is 334 g/mol. The molecule has 0 amide bonds. The first-order valence-corrected chi connectivity index (χ1v) is 7.42. The summed E-state index contributed by atoms with van der Waals surface area (Å²) in [4.78, 5) is 2.75. The molecule has 1 N–H and O–H groups in total. The summed E-state index contributed by atoms with van der Waals surface area (Å²) in [6, 6.07) is 4.92. The van der Waals surface area contributed by atoms with E-state index in [1.54, 1.807) is 0 Å². The first-order valence-electron chi connectivity index (χ1n) is 6.27. The Morgan fingerprint density at radius 2 is 1.68 bits per heavy atom. The number of hydrogen-bond donors (Lipinski definition) is 1. The van der Waals surface area contributed by atoms with Crippen LogP contribution in [0.2, 0.25) is 0 Å². The van der Waals surface area contributed by atoms with Crippen LogP contribution < -0.4 is 9.46 Å². The van der Waals surface area contributed by atoms with Crippen LogP contribution in [-0.2, 0) is 16.6 Å². The summed E-state index contributed by atoms with van der Waals surface area (Å²) in [6.45, 7) is 11.6. The van der Waals surface area contributed by atoms with Gasteiger partial charge in [-0.3, -0.25) is 4.85 Å². The molecule has 0 spiro atoms. The van der Waals surface area contributed by atoms with Crippen LogP contribution in [0.3, 0.4) is 0 Å². The number of halogens is 3. The lowest BCUT2D eigenvalue weighted by Gasteiger charge is -2.28. The molecule has 1 rings (SSSR count). The second-order valence-electron chi connectivity index (χ2n) is 5.53. The van der Waals surface area contributed by atoms with Gasteiger partial charge in [-0.05, 0) is 45.0 Å². The van der Waals surface area contributed by atoms with E-state index in [-0.39, 0.29) is 5.56 Å². The van der Waals surface area contributed by atoms with Crippen molar-refractivity contribution >= 4 is 11.0 Å². The molecule has 0 aliphatic heterocycles. The number of ether oxygens (including phenoxy) is 1. The van der Waals surface area contributed by atoms with Crippen LogP contribution in [0.25, 0.3) is 4.85 Å². The van der Waals surface area contributed by atoms with Gasteiger partial charge in [0.25, 0.3) is 0 Å². The van der Waals surface area contributed by atoms with Crippen molar-refractivity contribution in [1.82, 2.24) is 4.72 Å². The van der Waals surface area contributed by atoms with Gasteiger partial charge < -0.3 is 4.74 Å². The van der Waals surface area contributed by atoms with Crippen molar-refractivity contribution in [3.8, 4) is 5.75 Å². The molecule has 0 bridgehead atoms. The molecular formula is C14H17F3N2O2S. The van der Waals surface area contributed by atoms with Gasteiger partial charge in [-0.25, -0.2) is 10.8 Å². The fraction of sp³-hybridized carbons (Fsp3) is 0.500. The minimum Gasteiger partial charge on any atom is -0.497 e. The van der Waals surface area contributed by atoms with E-state index in [9.17, 15) is 17.4 Å². The van der Waals surface area contributed by atoms with Crippen molar-refractivity contribution in [3.63, 3.8) is 0 Å². The Labute approximate surface area is 130 Å². The maximum absolute atomic E-state index is 13.6. The van der Waals surface area contributed by atoms with E-state index in [4.69, 9.17) is 11.3 Å².